The van der Waals surface area contributed by atoms with E-state index in [4.69, 9.17) is 9.47 Å². The molecule has 2 saturated carbocycles. The predicted octanol–water partition coefficient (Wildman–Crippen LogP) is 1.92. The molecular formula is C19H30N2O4. The quantitative estimate of drug-likeness (QED) is 0.725. The third-order valence-electron chi connectivity index (χ3n) is 6.68. The van der Waals surface area contributed by atoms with Gasteiger partial charge in [0, 0.05) is 25.4 Å². The van der Waals surface area contributed by atoms with E-state index in [1.807, 2.05) is 4.90 Å². The van der Waals surface area contributed by atoms with Crippen molar-refractivity contribution in [1.29, 1.82) is 0 Å². The highest BCUT2D eigenvalue weighted by atomic mass is 16.7. The van der Waals surface area contributed by atoms with E-state index in [1.165, 1.54) is 0 Å². The van der Waals surface area contributed by atoms with Crippen LogP contribution in [0.3, 0.4) is 0 Å². The number of hydrogen-bond donors (Lipinski definition) is 0. The number of nitrogens with zero attached hydrogens (tertiary/aromatic N) is 2. The Bertz CT molecular complexity index is 540. The Morgan fingerprint density at radius 1 is 0.960 bits per heavy atom. The molecule has 6 atom stereocenters. The van der Waals surface area contributed by atoms with Crippen molar-refractivity contribution in [2.24, 2.45) is 5.92 Å². The fraction of sp³-hybridized carbons (Fsp3) is 0.895. The van der Waals surface area contributed by atoms with Crippen LogP contribution in [0.5, 0.6) is 0 Å². The van der Waals surface area contributed by atoms with Crippen molar-refractivity contribution in [3.05, 3.63) is 0 Å². The average molecular weight is 350 g/mol. The van der Waals surface area contributed by atoms with E-state index in [2.05, 4.69) is 11.8 Å². The molecule has 25 heavy (non-hydrogen) atoms. The minimum absolute atomic E-state index is 0.0432. The van der Waals surface area contributed by atoms with E-state index in [1.54, 1.807) is 6.92 Å². The molecule has 2 saturated heterocycles. The summed E-state index contributed by atoms with van der Waals surface area (Å²) < 4.78 is 11.2. The lowest BCUT2D eigenvalue weighted by Gasteiger charge is -2.53. The van der Waals surface area contributed by atoms with Gasteiger partial charge in [-0.2, -0.15) is 0 Å². The van der Waals surface area contributed by atoms with Gasteiger partial charge >= 0.3 is 0 Å². The smallest absolute Gasteiger partial charge is 0.226 e. The highest BCUT2D eigenvalue weighted by Crippen LogP contribution is 2.37. The largest absolute Gasteiger partial charge is 0.349 e. The van der Waals surface area contributed by atoms with E-state index in [0.29, 0.717) is 13.3 Å². The minimum Gasteiger partial charge on any atom is -0.349 e. The van der Waals surface area contributed by atoms with Crippen LogP contribution in [0.1, 0.15) is 58.8 Å². The van der Waals surface area contributed by atoms with Gasteiger partial charge in [-0.05, 0) is 39.0 Å². The molecule has 0 N–H and O–H groups in total. The van der Waals surface area contributed by atoms with Crippen molar-refractivity contribution in [2.75, 3.05) is 13.3 Å². The molecule has 4 aliphatic rings. The zero-order valence-corrected chi connectivity index (χ0v) is 15.4. The summed E-state index contributed by atoms with van der Waals surface area (Å²) in [5.74, 6) is 0.469. The summed E-state index contributed by atoms with van der Waals surface area (Å²) in [4.78, 5) is 29.7. The molecule has 2 heterocycles. The monoisotopic (exact) mass is 350 g/mol. The number of fused-ring (bicyclic) bond motifs is 2. The Balaban J connectivity index is 1.50. The Morgan fingerprint density at radius 2 is 1.68 bits per heavy atom. The highest BCUT2D eigenvalue weighted by Gasteiger charge is 2.47. The molecule has 0 aromatic heterocycles. The van der Waals surface area contributed by atoms with Crippen LogP contribution in [0.15, 0.2) is 0 Å². The molecular weight excluding hydrogens is 320 g/mol. The van der Waals surface area contributed by atoms with Crippen molar-refractivity contribution in [3.8, 4) is 0 Å². The van der Waals surface area contributed by atoms with Gasteiger partial charge in [0.2, 0.25) is 11.8 Å². The molecule has 0 spiro atoms. The lowest BCUT2D eigenvalue weighted by atomic mass is 9.81. The number of hydrogen-bond acceptors (Lipinski definition) is 4. The molecule has 2 amide bonds. The normalized spacial score (nSPS) is 41.2. The molecule has 0 radical (unpaired) electrons. The van der Waals surface area contributed by atoms with Crippen molar-refractivity contribution in [3.63, 3.8) is 0 Å². The zero-order valence-electron chi connectivity index (χ0n) is 15.4. The van der Waals surface area contributed by atoms with Crippen LogP contribution in [0, 0.1) is 5.92 Å². The molecule has 6 nitrogen and oxygen atoms in total. The Hall–Kier alpha value is -1.14. The van der Waals surface area contributed by atoms with Gasteiger partial charge in [0.25, 0.3) is 0 Å². The fourth-order valence-corrected chi connectivity index (χ4v) is 5.55. The standard InChI is InChI=1S/C19H30N2O4/c1-12-10-20(15-5-3-4-6-16(15)21(12)13(2)22)19(23)14-7-8-17-18(9-14)25-11-24-17/h12,14-18H,3-11H2,1-2H3/t12-,14?,15?,16?,17?,18?/m0/s1. The number of amides is 2. The molecule has 4 fully saturated rings. The molecule has 0 aromatic carbocycles. The van der Waals surface area contributed by atoms with Gasteiger partial charge in [-0.25, -0.2) is 0 Å². The molecule has 2 aliphatic heterocycles. The maximum Gasteiger partial charge on any atom is 0.226 e. The molecule has 5 unspecified atom stereocenters. The molecule has 2 aliphatic carbocycles. The molecule has 4 rings (SSSR count). The van der Waals surface area contributed by atoms with Crippen molar-refractivity contribution in [1.82, 2.24) is 9.80 Å². The number of ether oxygens (including phenoxy) is 2. The van der Waals surface area contributed by atoms with Gasteiger partial charge in [0.1, 0.15) is 6.79 Å². The summed E-state index contributed by atoms with van der Waals surface area (Å²) in [5, 5.41) is 0. The summed E-state index contributed by atoms with van der Waals surface area (Å²) >= 11 is 0. The van der Waals surface area contributed by atoms with Gasteiger partial charge in [-0.3, -0.25) is 9.59 Å². The van der Waals surface area contributed by atoms with Crippen LogP contribution < -0.4 is 0 Å². The topological polar surface area (TPSA) is 59.1 Å². The molecule has 0 aromatic rings. The van der Waals surface area contributed by atoms with Crippen molar-refractivity contribution in [2.45, 2.75) is 89.1 Å². The summed E-state index contributed by atoms with van der Waals surface area (Å²) in [5.41, 5.74) is 0. The van der Waals surface area contributed by atoms with Crippen molar-refractivity contribution < 1.29 is 19.1 Å². The van der Waals surface area contributed by atoms with Gasteiger partial charge in [0.15, 0.2) is 0 Å². The van der Waals surface area contributed by atoms with Gasteiger partial charge in [-0.1, -0.05) is 12.8 Å². The first-order valence-electron chi connectivity index (χ1n) is 9.89. The second-order valence-corrected chi connectivity index (χ2v) is 8.22. The minimum atomic E-state index is 0.0432. The lowest BCUT2D eigenvalue weighted by molar-refractivity contribution is -0.157. The number of rotatable bonds is 1. The molecule has 140 valence electrons. The van der Waals surface area contributed by atoms with Crippen LogP contribution in [0.25, 0.3) is 0 Å². The summed E-state index contributed by atoms with van der Waals surface area (Å²) in [7, 11) is 0. The van der Waals surface area contributed by atoms with Crippen LogP contribution in [-0.2, 0) is 19.1 Å². The van der Waals surface area contributed by atoms with E-state index in [9.17, 15) is 9.59 Å². The van der Waals surface area contributed by atoms with Crippen LogP contribution in [0.2, 0.25) is 0 Å². The van der Waals surface area contributed by atoms with Gasteiger partial charge in [-0.15, -0.1) is 0 Å². The highest BCUT2D eigenvalue weighted by molar-refractivity contribution is 5.80. The van der Waals surface area contributed by atoms with Gasteiger partial charge in [0.05, 0.1) is 24.3 Å². The maximum absolute atomic E-state index is 13.3. The summed E-state index contributed by atoms with van der Waals surface area (Å²) in [6, 6.07) is 0.490. The Labute approximate surface area is 149 Å². The SMILES string of the molecule is CC(=O)N1C2CCCCC2N(C(=O)C2CCC3OCOC3C2)C[C@@H]1C. The lowest BCUT2D eigenvalue weighted by Crippen LogP contribution is -2.67. The summed E-state index contributed by atoms with van der Waals surface area (Å²) in [6.07, 6.45) is 7.19. The van der Waals surface area contributed by atoms with E-state index < -0.39 is 0 Å². The number of piperazine rings is 1. The second-order valence-electron chi connectivity index (χ2n) is 8.22. The van der Waals surface area contributed by atoms with Crippen LogP contribution in [-0.4, -0.2) is 65.3 Å². The van der Waals surface area contributed by atoms with Crippen LogP contribution >= 0.6 is 0 Å². The average Bonchev–Trinajstić information content (AvgIpc) is 3.07. The fourth-order valence-electron chi connectivity index (χ4n) is 5.55. The Kier molecular flexibility index (Phi) is 4.75. The molecule has 0 bridgehead atoms. The third kappa shape index (κ3) is 3.08. The summed E-state index contributed by atoms with van der Waals surface area (Å²) in [6.45, 7) is 4.78. The van der Waals surface area contributed by atoms with E-state index in [-0.39, 0.29) is 48.1 Å². The maximum atomic E-state index is 13.3. The van der Waals surface area contributed by atoms with E-state index in [0.717, 1.165) is 44.9 Å². The zero-order chi connectivity index (χ0) is 17.6. The second kappa shape index (κ2) is 6.88. The number of carbonyl (C=O) groups excluding carboxylic acids is 2. The molecule has 6 heteroatoms. The number of carbonyl (C=O) groups is 2. The first-order chi connectivity index (χ1) is 12.1. The third-order valence-corrected chi connectivity index (χ3v) is 6.68. The van der Waals surface area contributed by atoms with Crippen molar-refractivity contribution >= 4 is 11.8 Å². The van der Waals surface area contributed by atoms with Gasteiger partial charge < -0.3 is 19.3 Å². The van der Waals surface area contributed by atoms with E-state index >= 15 is 0 Å². The first-order valence-corrected chi connectivity index (χ1v) is 9.89. The van der Waals surface area contributed by atoms with Crippen LogP contribution in [0.4, 0.5) is 0 Å². The predicted molar refractivity (Wildman–Crippen MR) is 91.7 cm³/mol. The first kappa shape index (κ1) is 17.3. The Morgan fingerprint density at radius 3 is 2.44 bits per heavy atom.